The third kappa shape index (κ3) is 5.63. The molecule has 10 nitrogen and oxygen atoms in total. The van der Waals surface area contributed by atoms with E-state index in [1.54, 1.807) is 12.1 Å². The molecule has 0 saturated carbocycles. The van der Waals surface area contributed by atoms with Gasteiger partial charge in [0.05, 0.1) is 18.8 Å². The molecule has 180 valence electrons. The topological polar surface area (TPSA) is 130 Å². The molecule has 0 bridgehead atoms. The summed E-state index contributed by atoms with van der Waals surface area (Å²) in [5.41, 5.74) is 7.00. The fourth-order valence-corrected chi connectivity index (χ4v) is 3.54. The summed E-state index contributed by atoms with van der Waals surface area (Å²) in [6.07, 6.45) is 2.73. The van der Waals surface area contributed by atoms with Crippen molar-refractivity contribution in [3.63, 3.8) is 0 Å². The minimum Gasteiger partial charge on any atom is -0.460 e. The van der Waals surface area contributed by atoms with Crippen molar-refractivity contribution >= 4 is 23.5 Å². The lowest BCUT2D eigenvalue weighted by atomic mass is 10.1. The number of likely N-dealkylation sites (tertiary alicyclic amines) is 1. The van der Waals surface area contributed by atoms with E-state index < -0.39 is 11.8 Å². The first-order chi connectivity index (χ1) is 16.4. The molecular weight excluding hydrogens is 448 g/mol. The summed E-state index contributed by atoms with van der Waals surface area (Å²) in [6, 6.07) is 4.76. The summed E-state index contributed by atoms with van der Waals surface area (Å²) in [6.45, 7) is 2.26. The van der Waals surface area contributed by atoms with Crippen LogP contribution in [-0.2, 0) is 21.0 Å². The van der Waals surface area contributed by atoms with E-state index in [1.165, 1.54) is 18.5 Å². The number of benzene rings is 1. The van der Waals surface area contributed by atoms with Crippen molar-refractivity contribution in [2.24, 2.45) is 10.9 Å². The number of hydrogen-bond acceptors (Lipinski definition) is 9. The lowest BCUT2D eigenvalue weighted by Crippen LogP contribution is -2.53. The third-order valence-electron chi connectivity index (χ3n) is 5.44. The quantitative estimate of drug-likeness (QED) is 0.230. The number of halogens is 2. The van der Waals surface area contributed by atoms with Crippen LogP contribution in [0.2, 0.25) is 0 Å². The van der Waals surface area contributed by atoms with E-state index in [-0.39, 0.29) is 42.8 Å². The number of anilines is 1. The molecule has 0 unspecified atom stereocenters. The molecule has 2 aromatic rings. The molecular formula is C22H25F2N7O3. The Morgan fingerprint density at radius 1 is 1.26 bits per heavy atom. The number of esters is 1. The number of rotatable bonds is 10. The molecule has 0 amide bonds. The molecule has 0 aliphatic carbocycles. The Balaban J connectivity index is 1.30. The molecule has 0 radical (unpaired) electrons. The minimum absolute atomic E-state index is 0.00644. The van der Waals surface area contributed by atoms with Crippen LogP contribution in [0.15, 0.2) is 35.7 Å². The summed E-state index contributed by atoms with van der Waals surface area (Å²) in [4.78, 5) is 29.6. The van der Waals surface area contributed by atoms with E-state index in [4.69, 9.17) is 20.7 Å². The minimum atomic E-state index is -0.695. The standard InChI is InChI=1S/C22H25F2N7O3/c23-4-5-30-11-17(12-30)34-29-16-9-31(10-16)22-27-7-15(8-28-22)18-3-1-2-14(21(18)24)13-33-20(32)6-19(25)26/h1-3,7-8,17H,4-6,9-13H2,(H3,25,26). The number of alkyl halides is 1. The van der Waals surface area contributed by atoms with Gasteiger partial charge in [0.1, 0.15) is 31.4 Å². The highest BCUT2D eigenvalue weighted by Gasteiger charge is 2.30. The number of ether oxygens (including phenoxy) is 1. The molecule has 2 saturated heterocycles. The maximum Gasteiger partial charge on any atom is 0.313 e. The number of nitrogens with two attached hydrogens (primary N) is 1. The van der Waals surface area contributed by atoms with Gasteiger partial charge in [0.15, 0.2) is 6.10 Å². The van der Waals surface area contributed by atoms with Gasteiger partial charge in [-0.1, -0.05) is 23.4 Å². The number of nitrogens with one attached hydrogen (secondary N) is 1. The van der Waals surface area contributed by atoms with Crippen LogP contribution in [0.1, 0.15) is 12.0 Å². The Morgan fingerprint density at radius 3 is 2.68 bits per heavy atom. The van der Waals surface area contributed by atoms with E-state index >= 15 is 0 Å². The highest BCUT2D eigenvalue weighted by molar-refractivity contribution is 5.98. The molecule has 0 spiro atoms. The molecule has 2 fully saturated rings. The second kappa shape index (κ2) is 10.5. The second-order valence-corrected chi connectivity index (χ2v) is 8.10. The predicted molar refractivity (Wildman–Crippen MR) is 121 cm³/mol. The Labute approximate surface area is 194 Å². The molecule has 12 heteroatoms. The zero-order valence-electron chi connectivity index (χ0n) is 18.4. The van der Waals surface area contributed by atoms with Crippen LogP contribution in [0.4, 0.5) is 14.7 Å². The summed E-state index contributed by atoms with van der Waals surface area (Å²) < 4.78 is 32.2. The first kappa shape index (κ1) is 23.5. The van der Waals surface area contributed by atoms with Gasteiger partial charge in [-0.25, -0.2) is 18.7 Å². The lowest BCUT2D eigenvalue weighted by molar-refractivity contribution is -0.143. The smallest absolute Gasteiger partial charge is 0.313 e. The SMILES string of the molecule is N=C(N)CC(=O)OCc1cccc(-c2cnc(N3CC(=NOC4CN(CCF)C4)C3)nc2)c1F. The van der Waals surface area contributed by atoms with Crippen molar-refractivity contribution in [3.8, 4) is 11.1 Å². The third-order valence-corrected chi connectivity index (χ3v) is 5.44. The Hall–Kier alpha value is -3.67. The van der Waals surface area contributed by atoms with Gasteiger partial charge in [-0.3, -0.25) is 15.1 Å². The molecule has 2 aliphatic heterocycles. The zero-order valence-corrected chi connectivity index (χ0v) is 18.4. The molecule has 1 aromatic carbocycles. The number of amidine groups is 1. The van der Waals surface area contributed by atoms with Gasteiger partial charge in [-0.05, 0) is 0 Å². The molecule has 2 aliphatic rings. The van der Waals surface area contributed by atoms with Crippen LogP contribution >= 0.6 is 0 Å². The average molecular weight is 473 g/mol. The van der Waals surface area contributed by atoms with Crippen LogP contribution in [0, 0.1) is 11.2 Å². The first-order valence-corrected chi connectivity index (χ1v) is 10.8. The number of aromatic nitrogens is 2. The van der Waals surface area contributed by atoms with Gasteiger partial charge >= 0.3 is 5.97 Å². The number of nitrogens with zero attached hydrogens (tertiary/aromatic N) is 5. The Bertz CT molecular complexity index is 1070. The van der Waals surface area contributed by atoms with Crippen LogP contribution in [0.5, 0.6) is 0 Å². The summed E-state index contributed by atoms with van der Waals surface area (Å²) in [7, 11) is 0. The molecule has 3 heterocycles. The number of hydrogen-bond donors (Lipinski definition) is 2. The van der Waals surface area contributed by atoms with Gasteiger partial charge in [0.25, 0.3) is 0 Å². The Morgan fingerprint density at radius 2 is 2.00 bits per heavy atom. The fraction of sp³-hybridized carbons (Fsp3) is 0.409. The van der Waals surface area contributed by atoms with Gasteiger partial charge in [-0.2, -0.15) is 0 Å². The maximum atomic E-state index is 14.9. The number of carbonyl (C=O) groups excluding carboxylic acids is 1. The van der Waals surface area contributed by atoms with Crippen molar-refractivity contribution in [2.75, 3.05) is 44.3 Å². The Kier molecular flexibility index (Phi) is 7.26. The van der Waals surface area contributed by atoms with Gasteiger partial charge in [0.2, 0.25) is 5.95 Å². The van der Waals surface area contributed by atoms with Gasteiger partial charge in [-0.15, -0.1) is 0 Å². The van der Waals surface area contributed by atoms with Gasteiger partial charge in [0, 0.05) is 48.7 Å². The average Bonchev–Trinajstić information content (AvgIpc) is 2.75. The van der Waals surface area contributed by atoms with Crippen molar-refractivity contribution < 1.29 is 23.1 Å². The summed E-state index contributed by atoms with van der Waals surface area (Å²) in [5.74, 6) is -1.05. The normalized spacial score (nSPS) is 15.9. The van der Waals surface area contributed by atoms with E-state index in [2.05, 4.69) is 15.1 Å². The zero-order chi connectivity index (χ0) is 24.1. The van der Waals surface area contributed by atoms with Gasteiger partial charge < -0.3 is 20.2 Å². The van der Waals surface area contributed by atoms with E-state index in [0.717, 1.165) is 5.71 Å². The molecule has 0 atom stereocenters. The highest BCUT2D eigenvalue weighted by atomic mass is 19.1. The second-order valence-electron chi connectivity index (χ2n) is 8.10. The summed E-state index contributed by atoms with van der Waals surface area (Å²) in [5, 5.41) is 11.3. The molecule has 1 aromatic heterocycles. The van der Waals surface area contributed by atoms with Crippen LogP contribution in [0.3, 0.4) is 0 Å². The van der Waals surface area contributed by atoms with Crippen LogP contribution in [-0.4, -0.2) is 77.9 Å². The highest BCUT2D eigenvalue weighted by Crippen LogP contribution is 2.26. The van der Waals surface area contributed by atoms with Crippen molar-refractivity contribution in [2.45, 2.75) is 19.1 Å². The van der Waals surface area contributed by atoms with Crippen molar-refractivity contribution in [3.05, 3.63) is 42.0 Å². The predicted octanol–water partition coefficient (Wildman–Crippen LogP) is 1.50. The maximum absolute atomic E-state index is 14.9. The molecule has 3 N–H and O–H groups in total. The first-order valence-electron chi connectivity index (χ1n) is 10.8. The van der Waals surface area contributed by atoms with Crippen molar-refractivity contribution in [1.29, 1.82) is 5.41 Å². The van der Waals surface area contributed by atoms with Crippen molar-refractivity contribution in [1.82, 2.24) is 14.9 Å². The molecule has 34 heavy (non-hydrogen) atoms. The van der Waals surface area contributed by atoms with E-state index in [9.17, 15) is 13.6 Å². The van der Waals surface area contributed by atoms with Crippen LogP contribution in [0.25, 0.3) is 11.1 Å². The monoisotopic (exact) mass is 473 g/mol. The fourth-order valence-electron chi connectivity index (χ4n) is 3.54. The van der Waals surface area contributed by atoms with Crippen LogP contribution < -0.4 is 10.6 Å². The number of oxime groups is 1. The number of carbonyl (C=O) groups is 1. The lowest BCUT2D eigenvalue weighted by Gasteiger charge is -2.37. The summed E-state index contributed by atoms with van der Waals surface area (Å²) >= 11 is 0. The van der Waals surface area contributed by atoms with E-state index in [0.29, 0.717) is 44.2 Å². The largest absolute Gasteiger partial charge is 0.460 e. The van der Waals surface area contributed by atoms with E-state index in [1.807, 2.05) is 9.80 Å². The molecule has 4 rings (SSSR count).